The number of methoxy groups -OCH3 is 2. The molecule has 2 aromatic rings. The molecule has 1 saturated heterocycles. The molecule has 27 heavy (non-hydrogen) atoms. The number of hydrogen-bond acceptors (Lipinski definition) is 4. The van der Waals surface area contributed by atoms with Crippen molar-refractivity contribution >= 4 is 23.4 Å². The summed E-state index contributed by atoms with van der Waals surface area (Å²) >= 11 is 5.97. The molecule has 0 bridgehead atoms. The van der Waals surface area contributed by atoms with Crippen LogP contribution in [-0.4, -0.2) is 62.0 Å². The number of halogens is 1. The van der Waals surface area contributed by atoms with Crippen molar-refractivity contribution in [2.75, 3.05) is 40.4 Å². The van der Waals surface area contributed by atoms with Gasteiger partial charge in [0.2, 0.25) is 0 Å². The number of nitrogens with zero attached hydrogens (tertiary/aromatic N) is 2. The number of amides is 2. The fourth-order valence-electron chi connectivity index (χ4n) is 3.03. The van der Waals surface area contributed by atoms with Gasteiger partial charge in [-0.1, -0.05) is 17.7 Å². The van der Waals surface area contributed by atoms with Gasteiger partial charge >= 0.3 is 0 Å². The molecule has 0 spiro atoms. The quantitative estimate of drug-likeness (QED) is 0.808. The summed E-state index contributed by atoms with van der Waals surface area (Å²) in [5.41, 5.74) is 1.06. The maximum absolute atomic E-state index is 12.8. The lowest BCUT2D eigenvalue weighted by Crippen LogP contribution is -2.50. The highest BCUT2D eigenvalue weighted by atomic mass is 35.5. The summed E-state index contributed by atoms with van der Waals surface area (Å²) in [5.74, 6) is 0.939. The zero-order chi connectivity index (χ0) is 19.4. The maximum Gasteiger partial charge on any atom is 0.254 e. The first kappa shape index (κ1) is 19.0. The van der Waals surface area contributed by atoms with E-state index in [9.17, 15) is 9.59 Å². The molecule has 1 fully saturated rings. The van der Waals surface area contributed by atoms with Crippen LogP contribution in [0.25, 0.3) is 0 Å². The van der Waals surface area contributed by atoms with Crippen LogP contribution in [0, 0.1) is 0 Å². The number of carbonyl (C=O) groups is 2. The van der Waals surface area contributed by atoms with E-state index >= 15 is 0 Å². The van der Waals surface area contributed by atoms with Gasteiger partial charge in [0, 0.05) is 48.4 Å². The molecule has 7 heteroatoms. The molecule has 0 radical (unpaired) electrons. The van der Waals surface area contributed by atoms with E-state index in [4.69, 9.17) is 21.1 Å². The van der Waals surface area contributed by atoms with Crippen LogP contribution in [-0.2, 0) is 0 Å². The van der Waals surface area contributed by atoms with Crippen LogP contribution < -0.4 is 9.47 Å². The number of piperazine rings is 1. The lowest BCUT2D eigenvalue weighted by Gasteiger charge is -2.35. The number of carbonyl (C=O) groups excluding carboxylic acids is 2. The van der Waals surface area contributed by atoms with Crippen LogP contribution >= 0.6 is 11.6 Å². The molecular formula is C20H21ClN2O4. The van der Waals surface area contributed by atoms with E-state index in [1.807, 2.05) is 0 Å². The Morgan fingerprint density at radius 3 is 1.81 bits per heavy atom. The van der Waals surface area contributed by atoms with E-state index in [0.717, 1.165) is 0 Å². The molecule has 0 atom stereocenters. The third-order valence-electron chi connectivity index (χ3n) is 4.52. The maximum atomic E-state index is 12.8. The normalized spacial score (nSPS) is 14.0. The first-order valence-electron chi connectivity index (χ1n) is 8.59. The molecule has 0 unspecified atom stereocenters. The second-order valence-electron chi connectivity index (χ2n) is 6.20. The lowest BCUT2D eigenvalue weighted by molar-refractivity contribution is 0.0535. The van der Waals surface area contributed by atoms with Crippen LogP contribution in [0.4, 0.5) is 0 Å². The van der Waals surface area contributed by atoms with E-state index in [1.165, 1.54) is 0 Å². The summed E-state index contributed by atoms with van der Waals surface area (Å²) in [7, 11) is 3.09. The molecule has 2 amide bonds. The summed E-state index contributed by atoms with van der Waals surface area (Å²) in [5, 5.41) is 0.529. The van der Waals surface area contributed by atoms with Crippen molar-refractivity contribution in [1.82, 2.24) is 9.80 Å². The SMILES string of the molecule is COc1cc(OC)cc(C(=O)N2CCN(C(=O)c3cccc(Cl)c3)CC2)c1. The minimum atomic E-state index is -0.109. The second kappa shape index (κ2) is 8.31. The summed E-state index contributed by atoms with van der Waals surface area (Å²) in [6, 6.07) is 12.0. The number of rotatable bonds is 4. The van der Waals surface area contributed by atoms with Crippen molar-refractivity contribution in [3.8, 4) is 11.5 Å². The molecule has 0 aromatic heterocycles. The van der Waals surface area contributed by atoms with Crippen LogP contribution in [0.2, 0.25) is 5.02 Å². The Bertz CT molecular complexity index is 825. The summed E-state index contributed by atoms with van der Waals surface area (Å²) in [6.07, 6.45) is 0. The largest absolute Gasteiger partial charge is 0.497 e. The van der Waals surface area contributed by atoms with Crippen molar-refractivity contribution < 1.29 is 19.1 Å². The van der Waals surface area contributed by atoms with Crippen LogP contribution in [0.5, 0.6) is 11.5 Å². The highest BCUT2D eigenvalue weighted by Gasteiger charge is 2.26. The molecule has 6 nitrogen and oxygen atoms in total. The van der Waals surface area contributed by atoms with Gasteiger partial charge in [0.1, 0.15) is 11.5 Å². The smallest absolute Gasteiger partial charge is 0.254 e. The van der Waals surface area contributed by atoms with Gasteiger partial charge in [-0.15, -0.1) is 0 Å². The van der Waals surface area contributed by atoms with Crippen LogP contribution in [0.15, 0.2) is 42.5 Å². The van der Waals surface area contributed by atoms with Gasteiger partial charge in [-0.3, -0.25) is 9.59 Å². The average Bonchev–Trinajstić information content (AvgIpc) is 2.72. The van der Waals surface area contributed by atoms with Gasteiger partial charge < -0.3 is 19.3 Å². The van der Waals surface area contributed by atoms with Crippen molar-refractivity contribution in [3.63, 3.8) is 0 Å². The van der Waals surface area contributed by atoms with Crippen molar-refractivity contribution in [2.24, 2.45) is 0 Å². The highest BCUT2D eigenvalue weighted by molar-refractivity contribution is 6.30. The minimum Gasteiger partial charge on any atom is -0.497 e. The lowest BCUT2D eigenvalue weighted by atomic mass is 10.1. The van der Waals surface area contributed by atoms with Gasteiger partial charge in [-0.05, 0) is 30.3 Å². The Labute approximate surface area is 163 Å². The number of ether oxygens (including phenoxy) is 2. The predicted molar refractivity (Wildman–Crippen MR) is 103 cm³/mol. The van der Waals surface area contributed by atoms with Gasteiger partial charge in [-0.2, -0.15) is 0 Å². The molecule has 0 aliphatic carbocycles. The Kier molecular flexibility index (Phi) is 5.86. The molecule has 1 heterocycles. The summed E-state index contributed by atoms with van der Waals surface area (Å²) < 4.78 is 10.5. The van der Waals surface area contributed by atoms with E-state index in [-0.39, 0.29) is 11.8 Å². The first-order valence-corrected chi connectivity index (χ1v) is 8.97. The van der Waals surface area contributed by atoms with E-state index in [0.29, 0.717) is 53.8 Å². The Balaban J connectivity index is 1.67. The summed E-state index contributed by atoms with van der Waals surface area (Å²) in [4.78, 5) is 28.9. The standard InChI is InChI=1S/C20H21ClN2O4/c1-26-17-11-15(12-18(13-17)27-2)20(25)23-8-6-22(7-9-23)19(24)14-4-3-5-16(21)10-14/h3-5,10-13H,6-9H2,1-2H3. The van der Waals surface area contributed by atoms with Gasteiger partial charge in [0.25, 0.3) is 11.8 Å². The van der Waals surface area contributed by atoms with Gasteiger partial charge in [-0.25, -0.2) is 0 Å². The van der Waals surface area contributed by atoms with Crippen molar-refractivity contribution in [2.45, 2.75) is 0 Å². The third-order valence-corrected chi connectivity index (χ3v) is 4.76. The minimum absolute atomic E-state index is 0.0763. The zero-order valence-electron chi connectivity index (χ0n) is 15.3. The topological polar surface area (TPSA) is 59.1 Å². The van der Waals surface area contributed by atoms with Crippen molar-refractivity contribution in [1.29, 1.82) is 0 Å². The van der Waals surface area contributed by atoms with Crippen LogP contribution in [0.3, 0.4) is 0 Å². The summed E-state index contributed by atoms with van der Waals surface area (Å²) in [6.45, 7) is 1.87. The fourth-order valence-corrected chi connectivity index (χ4v) is 3.22. The number of hydrogen-bond donors (Lipinski definition) is 0. The molecule has 2 aromatic carbocycles. The molecule has 1 aliphatic rings. The Morgan fingerprint density at radius 1 is 0.815 bits per heavy atom. The molecule has 0 saturated carbocycles. The third kappa shape index (κ3) is 4.34. The Morgan fingerprint density at radius 2 is 1.33 bits per heavy atom. The van der Waals surface area contributed by atoms with Crippen LogP contribution in [0.1, 0.15) is 20.7 Å². The van der Waals surface area contributed by atoms with E-state index in [2.05, 4.69) is 0 Å². The number of benzene rings is 2. The Hall–Kier alpha value is -2.73. The fraction of sp³-hybridized carbons (Fsp3) is 0.300. The molecule has 3 rings (SSSR count). The first-order chi connectivity index (χ1) is 13.0. The highest BCUT2D eigenvalue weighted by Crippen LogP contribution is 2.24. The average molecular weight is 389 g/mol. The zero-order valence-corrected chi connectivity index (χ0v) is 16.0. The second-order valence-corrected chi connectivity index (χ2v) is 6.63. The predicted octanol–water partition coefficient (Wildman–Crippen LogP) is 2.96. The molecule has 0 N–H and O–H groups in total. The van der Waals surface area contributed by atoms with E-state index in [1.54, 1.807) is 66.5 Å². The molecule has 142 valence electrons. The van der Waals surface area contributed by atoms with Gasteiger partial charge in [0.05, 0.1) is 14.2 Å². The van der Waals surface area contributed by atoms with Gasteiger partial charge in [0.15, 0.2) is 0 Å². The van der Waals surface area contributed by atoms with Crippen molar-refractivity contribution in [3.05, 3.63) is 58.6 Å². The molecular weight excluding hydrogens is 368 g/mol. The molecule has 1 aliphatic heterocycles. The van der Waals surface area contributed by atoms with E-state index < -0.39 is 0 Å². The monoisotopic (exact) mass is 388 g/mol.